The monoisotopic (exact) mass is 362 g/mol. The number of hydrogen-bond acceptors (Lipinski definition) is 6. The second-order valence-electron chi connectivity index (χ2n) is 6.81. The second-order valence-corrected chi connectivity index (χ2v) is 6.81. The van der Waals surface area contributed by atoms with Gasteiger partial charge in [0.25, 0.3) is 0 Å². The summed E-state index contributed by atoms with van der Waals surface area (Å²) in [4.78, 5) is 11.5. The van der Waals surface area contributed by atoms with E-state index in [-0.39, 0.29) is 12.1 Å². The Morgan fingerprint density at radius 2 is 2.15 bits per heavy atom. The molecule has 138 valence electrons. The van der Waals surface area contributed by atoms with Crippen LogP contribution in [0.2, 0.25) is 0 Å². The standard InChI is InChI=1S/C20H22N6O/c1-27-19-8-9-25(13-16(19)22)20-24-17-4-2-3-5-18(17)26(20)12-15-7-6-14(10-21)11-23-15/h2-7,11,16,19H,8-9,12-13,22H2,1H3/t16-,19-/m1/s1. The Hall–Kier alpha value is -2.95. The van der Waals surface area contributed by atoms with Gasteiger partial charge in [-0.2, -0.15) is 5.26 Å². The van der Waals surface area contributed by atoms with Crippen LogP contribution in [0.15, 0.2) is 42.6 Å². The van der Waals surface area contributed by atoms with E-state index in [1.54, 1.807) is 19.4 Å². The second kappa shape index (κ2) is 7.35. The quantitative estimate of drug-likeness (QED) is 0.762. The van der Waals surface area contributed by atoms with Crippen molar-refractivity contribution >= 4 is 17.0 Å². The number of ether oxygens (including phenoxy) is 1. The van der Waals surface area contributed by atoms with Crippen LogP contribution in [-0.2, 0) is 11.3 Å². The maximum Gasteiger partial charge on any atom is 0.206 e. The number of fused-ring (bicyclic) bond motifs is 1. The lowest BCUT2D eigenvalue weighted by Gasteiger charge is -2.36. The van der Waals surface area contributed by atoms with Crippen LogP contribution in [-0.4, -0.2) is 46.9 Å². The van der Waals surface area contributed by atoms with Crippen molar-refractivity contribution in [1.82, 2.24) is 14.5 Å². The third-order valence-electron chi connectivity index (χ3n) is 5.09. The Kier molecular flexibility index (Phi) is 4.75. The van der Waals surface area contributed by atoms with E-state index in [2.05, 4.69) is 26.6 Å². The molecule has 1 saturated heterocycles. The number of para-hydroxylation sites is 2. The molecule has 0 unspecified atom stereocenters. The summed E-state index contributed by atoms with van der Waals surface area (Å²) in [5.74, 6) is 0.896. The summed E-state index contributed by atoms with van der Waals surface area (Å²) >= 11 is 0. The molecule has 0 spiro atoms. The van der Waals surface area contributed by atoms with E-state index in [9.17, 15) is 0 Å². The van der Waals surface area contributed by atoms with Crippen molar-refractivity contribution in [3.8, 4) is 6.07 Å². The number of nitrogens with zero attached hydrogens (tertiary/aromatic N) is 5. The number of nitriles is 1. The Bertz CT molecular complexity index is 974. The minimum Gasteiger partial charge on any atom is -0.380 e. The molecule has 0 radical (unpaired) electrons. The number of pyridine rings is 1. The minimum absolute atomic E-state index is 0.0509. The van der Waals surface area contributed by atoms with Gasteiger partial charge in [-0.15, -0.1) is 0 Å². The van der Waals surface area contributed by atoms with Crippen molar-refractivity contribution < 1.29 is 4.74 Å². The van der Waals surface area contributed by atoms with Gasteiger partial charge in [0.05, 0.1) is 34.9 Å². The highest BCUT2D eigenvalue weighted by Gasteiger charge is 2.29. The number of hydrogen-bond donors (Lipinski definition) is 1. The number of benzene rings is 1. The van der Waals surface area contributed by atoms with Gasteiger partial charge < -0.3 is 19.9 Å². The maximum atomic E-state index is 8.97. The molecular formula is C20H22N6O. The molecule has 2 N–H and O–H groups in total. The number of imidazole rings is 1. The van der Waals surface area contributed by atoms with Gasteiger partial charge in [0.15, 0.2) is 0 Å². The third kappa shape index (κ3) is 3.37. The lowest BCUT2D eigenvalue weighted by molar-refractivity contribution is 0.0661. The van der Waals surface area contributed by atoms with E-state index in [4.69, 9.17) is 20.7 Å². The lowest BCUT2D eigenvalue weighted by Crippen LogP contribution is -2.52. The summed E-state index contributed by atoms with van der Waals surface area (Å²) in [7, 11) is 1.71. The molecule has 2 aromatic heterocycles. The molecule has 7 heteroatoms. The average Bonchev–Trinajstić information content (AvgIpc) is 3.07. The Labute approximate surface area is 158 Å². The largest absolute Gasteiger partial charge is 0.380 e. The van der Waals surface area contributed by atoms with Crippen LogP contribution in [0.1, 0.15) is 17.7 Å². The van der Waals surface area contributed by atoms with Gasteiger partial charge in [0, 0.05) is 32.4 Å². The van der Waals surface area contributed by atoms with E-state index < -0.39 is 0 Å². The molecule has 27 heavy (non-hydrogen) atoms. The van der Waals surface area contributed by atoms with Gasteiger partial charge in [-0.05, 0) is 30.7 Å². The molecule has 1 aliphatic rings. The zero-order valence-corrected chi connectivity index (χ0v) is 15.2. The first-order valence-electron chi connectivity index (χ1n) is 9.03. The molecule has 4 rings (SSSR count). The van der Waals surface area contributed by atoms with Crippen LogP contribution in [0.25, 0.3) is 11.0 Å². The van der Waals surface area contributed by atoms with Gasteiger partial charge >= 0.3 is 0 Å². The highest BCUT2D eigenvalue weighted by molar-refractivity contribution is 5.79. The highest BCUT2D eigenvalue weighted by atomic mass is 16.5. The molecule has 1 aromatic carbocycles. The molecule has 3 heterocycles. The predicted octanol–water partition coefficient (Wildman–Crippen LogP) is 1.90. The van der Waals surface area contributed by atoms with E-state index in [0.717, 1.165) is 35.6 Å². The topological polar surface area (TPSA) is 93.0 Å². The normalized spacial score (nSPS) is 20.0. The summed E-state index contributed by atoms with van der Waals surface area (Å²) < 4.78 is 7.65. The number of piperidine rings is 1. The molecule has 0 saturated carbocycles. The summed E-state index contributed by atoms with van der Waals surface area (Å²) in [6, 6.07) is 13.8. The summed E-state index contributed by atoms with van der Waals surface area (Å²) in [5.41, 5.74) is 9.74. The minimum atomic E-state index is -0.0509. The molecule has 0 amide bonds. The zero-order chi connectivity index (χ0) is 18.8. The lowest BCUT2D eigenvalue weighted by atomic mass is 10.0. The first kappa shape index (κ1) is 17.5. The zero-order valence-electron chi connectivity index (χ0n) is 15.2. The fraction of sp³-hybridized carbons (Fsp3) is 0.350. The van der Waals surface area contributed by atoms with Crippen LogP contribution < -0.4 is 10.6 Å². The highest BCUT2D eigenvalue weighted by Crippen LogP contribution is 2.26. The summed E-state index contributed by atoms with van der Waals surface area (Å²) in [6.07, 6.45) is 2.56. The molecule has 3 aromatic rings. The molecule has 0 aliphatic carbocycles. The molecule has 0 bridgehead atoms. The van der Waals surface area contributed by atoms with Crippen molar-refractivity contribution in [3.63, 3.8) is 0 Å². The van der Waals surface area contributed by atoms with Crippen LogP contribution in [0.5, 0.6) is 0 Å². The van der Waals surface area contributed by atoms with Gasteiger partial charge in [-0.25, -0.2) is 4.98 Å². The number of anilines is 1. The average molecular weight is 362 g/mol. The van der Waals surface area contributed by atoms with Crippen molar-refractivity contribution in [1.29, 1.82) is 5.26 Å². The molecule has 2 atom stereocenters. The molecule has 1 aliphatic heterocycles. The molecule has 7 nitrogen and oxygen atoms in total. The predicted molar refractivity (Wildman–Crippen MR) is 103 cm³/mol. The van der Waals surface area contributed by atoms with E-state index in [1.165, 1.54) is 0 Å². The van der Waals surface area contributed by atoms with Crippen LogP contribution in [0, 0.1) is 11.3 Å². The van der Waals surface area contributed by atoms with E-state index in [1.807, 2.05) is 24.3 Å². The van der Waals surface area contributed by atoms with Crippen molar-refractivity contribution in [2.75, 3.05) is 25.1 Å². The maximum absolute atomic E-state index is 8.97. The number of nitrogens with two attached hydrogens (primary N) is 1. The Morgan fingerprint density at radius 1 is 1.30 bits per heavy atom. The SMILES string of the molecule is CO[C@@H]1CCN(c2nc3ccccc3n2Cc2ccc(C#N)cn2)C[C@H]1N. The number of aromatic nitrogens is 3. The van der Waals surface area contributed by atoms with Crippen molar-refractivity contribution in [2.24, 2.45) is 5.73 Å². The fourth-order valence-electron chi connectivity index (χ4n) is 3.64. The van der Waals surface area contributed by atoms with Crippen LogP contribution in [0.4, 0.5) is 5.95 Å². The Morgan fingerprint density at radius 3 is 2.85 bits per heavy atom. The van der Waals surface area contributed by atoms with E-state index in [0.29, 0.717) is 18.7 Å². The van der Waals surface area contributed by atoms with Crippen molar-refractivity contribution in [2.45, 2.75) is 25.1 Å². The first-order valence-corrected chi connectivity index (χ1v) is 9.03. The third-order valence-corrected chi connectivity index (χ3v) is 5.09. The van der Waals surface area contributed by atoms with Crippen LogP contribution in [0.3, 0.4) is 0 Å². The van der Waals surface area contributed by atoms with Gasteiger partial charge in [0.2, 0.25) is 5.95 Å². The number of methoxy groups -OCH3 is 1. The fourth-order valence-corrected chi connectivity index (χ4v) is 3.64. The first-order chi connectivity index (χ1) is 13.2. The van der Waals surface area contributed by atoms with Gasteiger partial charge in [-0.3, -0.25) is 4.98 Å². The summed E-state index contributed by atoms with van der Waals surface area (Å²) in [6.45, 7) is 2.12. The molecule has 1 fully saturated rings. The smallest absolute Gasteiger partial charge is 0.206 e. The number of rotatable bonds is 4. The Balaban J connectivity index is 1.70. The molecular weight excluding hydrogens is 340 g/mol. The van der Waals surface area contributed by atoms with E-state index >= 15 is 0 Å². The summed E-state index contributed by atoms with van der Waals surface area (Å²) in [5, 5.41) is 8.97. The van der Waals surface area contributed by atoms with Gasteiger partial charge in [0.1, 0.15) is 6.07 Å². The van der Waals surface area contributed by atoms with Crippen LogP contribution >= 0.6 is 0 Å². The van der Waals surface area contributed by atoms with Gasteiger partial charge in [-0.1, -0.05) is 12.1 Å². The van der Waals surface area contributed by atoms with Crippen molar-refractivity contribution in [3.05, 3.63) is 53.9 Å².